The Balaban J connectivity index is 1.46. The van der Waals surface area contributed by atoms with Crippen molar-refractivity contribution in [1.29, 1.82) is 0 Å². The SMILES string of the molecule is COC(=O)C1=Cc2cc(CCc3cc(CC(=O)c4ccccc4OC)ccc3Cl)cnc2C1. The number of ketones is 1. The lowest BCUT2D eigenvalue weighted by atomic mass is 9.98. The van der Waals surface area contributed by atoms with Gasteiger partial charge in [-0.05, 0) is 65.4 Å². The van der Waals surface area contributed by atoms with Crippen molar-refractivity contribution >= 4 is 29.4 Å². The molecule has 1 aliphatic rings. The van der Waals surface area contributed by atoms with Gasteiger partial charge >= 0.3 is 5.97 Å². The van der Waals surface area contributed by atoms with Crippen LogP contribution in [-0.4, -0.2) is 31.0 Å². The maximum Gasteiger partial charge on any atom is 0.334 e. The molecule has 0 aliphatic heterocycles. The van der Waals surface area contributed by atoms with Gasteiger partial charge in [-0.3, -0.25) is 9.78 Å². The van der Waals surface area contributed by atoms with E-state index in [0.717, 1.165) is 34.4 Å². The monoisotopic (exact) mass is 461 g/mol. The summed E-state index contributed by atoms with van der Waals surface area (Å²) in [5.41, 5.74) is 5.97. The van der Waals surface area contributed by atoms with Crippen LogP contribution in [0.25, 0.3) is 6.08 Å². The van der Waals surface area contributed by atoms with Gasteiger partial charge in [0.05, 0.1) is 25.5 Å². The first-order chi connectivity index (χ1) is 16.0. The Morgan fingerprint density at radius 1 is 1.03 bits per heavy atom. The summed E-state index contributed by atoms with van der Waals surface area (Å²) in [6.45, 7) is 0. The third kappa shape index (κ3) is 5.15. The Hall–Kier alpha value is -3.44. The van der Waals surface area contributed by atoms with Gasteiger partial charge < -0.3 is 9.47 Å². The van der Waals surface area contributed by atoms with Gasteiger partial charge in [0.25, 0.3) is 0 Å². The fourth-order valence-electron chi connectivity index (χ4n) is 4.01. The highest BCUT2D eigenvalue weighted by molar-refractivity contribution is 6.31. The molecule has 0 saturated carbocycles. The summed E-state index contributed by atoms with van der Waals surface area (Å²) in [4.78, 5) is 29.1. The molecular weight excluding hydrogens is 438 g/mol. The van der Waals surface area contributed by atoms with Gasteiger partial charge in [-0.1, -0.05) is 35.9 Å². The molecule has 0 unspecified atom stereocenters. The van der Waals surface area contributed by atoms with E-state index >= 15 is 0 Å². The van der Waals surface area contributed by atoms with Crippen LogP contribution in [0.15, 0.2) is 60.3 Å². The van der Waals surface area contributed by atoms with E-state index < -0.39 is 0 Å². The predicted octanol–water partition coefficient (Wildman–Crippen LogP) is 5.07. The van der Waals surface area contributed by atoms with Crippen LogP contribution in [0.4, 0.5) is 0 Å². The van der Waals surface area contributed by atoms with E-state index in [1.54, 1.807) is 19.2 Å². The van der Waals surface area contributed by atoms with Crippen LogP contribution in [-0.2, 0) is 35.2 Å². The van der Waals surface area contributed by atoms with Gasteiger partial charge in [0.15, 0.2) is 5.78 Å². The van der Waals surface area contributed by atoms with Gasteiger partial charge in [0.1, 0.15) is 5.75 Å². The molecule has 0 bridgehead atoms. The Morgan fingerprint density at radius 2 is 1.85 bits per heavy atom. The summed E-state index contributed by atoms with van der Waals surface area (Å²) in [5, 5.41) is 0.672. The van der Waals surface area contributed by atoms with Crippen molar-refractivity contribution in [1.82, 2.24) is 4.98 Å². The highest BCUT2D eigenvalue weighted by Gasteiger charge is 2.20. The molecule has 0 atom stereocenters. The predicted molar refractivity (Wildman–Crippen MR) is 128 cm³/mol. The van der Waals surface area contributed by atoms with Crippen LogP contribution in [0.2, 0.25) is 5.02 Å². The number of methoxy groups -OCH3 is 2. The zero-order valence-electron chi connectivity index (χ0n) is 18.6. The number of aromatic nitrogens is 1. The molecule has 168 valence electrons. The number of para-hydroxylation sites is 1. The molecule has 0 N–H and O–H groups in total. The summed E-state index contributed by atoms with van der Waals surface area (Å²) in [6.07, 6.45) is 5.90. The second kappa shape index (κ2) is 10.0. The van der Waals surface area contributed by atoms with Crippen molar-refractivity contribution in [3.05, 3.63) is 98.8 Å². The smallest absolute Gasteiger partial charge is 0.334 e. The highest BCUT2D eigenvalue weighted by atomic mass is 35.5. The lowest BCUT2D eigenvalue weighted by Gasteiger charge is -2.10. The number of esters is 1. The van der Waals surface area contributed by atoms with E-state index in [4.69, 9.17) is 21.1 Å². The molecule has 0 fully saturated rings. The van der Waals surface area contributed by atoms with Crippen LogP contribution in [0.5, 0.6) is 5.75 Å². The van der Waals surface area contributed by atoms with Crippen molar-refractivity contribution in [3.63, 3.8) is 0 Å². The van der Waals surface area contributed by atoms with E-state index in [1.807, 2.05) is 42.6 Å². The minimum atomic E-state index is -0.319. The molecule has 4 rings (SSSR count). The average Bonchev–Trinajstić information content (AvgIpc) is 3.27. The first-order valence-electron chi connectivity index (χ1n) is 10.7. The molecule has 3 aromatic rings. The number of rotatable bonds is 8. The van der Waals surface area contributed by atoms with Crippen LogP contribution in [0.1, 0.15) is 38.3 Å². The number of benzene rings is 2. The van der Waals surface area contributed by atoms with E-state index in [9.17, 15) is 9.59 Å². The van der Waals surface area contributed by atoms with Gasteiger partial charge in [-0.25, -0.2) is 4.79 Å². The first kappa shape index (κ1) is 22.7. The van der Waals surface area contributed by atoms with E-state index in [0.29, 0.717) is 34.8 Å². The molecule has 6 heteroatoms. The minimum Gasteiger partial charge on any atom is -0.496 e. The van der Waals surface area contributed by atoms with Crippen molar-refractivity contribution in [2.24, 2.45) is 0 Å². The van der Waals surface area contributed by atoms with Crippen molar-refractivity contribution < 1.29 is 19.1 Å². The summed E-state index contributed by atoms with van der Waals surface area (Å²) in [6, 6.07) is 15.0. The quantitative estimate of drug-likeness (QED) is 0.346. The maximum atomic E-state index is 12.8. The summed E-state index contributed by atoms with van der Waals surface area (Å²) >= 11 is 6.45. The minimum absolute atomic E-state index is 0.00302. The first-order valence-corrected chi connectivity index (χ1v) is 11.1. The average molecular weight is 462 g/mol. The van der Waals surface area contributed by atoms with E-state index in [2.05, 4.69) is 11.1 Å². The molecule has 0 spiro atoms. The maximum absolute atomic E-state index is 12.8. The zero-order chi connectivity index (χ0) is 23.4. The van der Waals surface area contributed by atoms with Crippen molar-refractivity contribution in [3.8, 4) is 5.75 Å². The molecule has 0 radical (unpaired) electrons. The summed E-state index contributed by atoms with van der Waals surface area (Å²) in [7, 11) is 2.94. The number of hydrogen-bond donors (Lipinski definition) is 0. The fourth-order valence-corrected chi connectivity index (χ4v) is 4.22. The van der Waals surface area contributed by atoms with Crippen LogP contribution >= 0.6 is 11.6 Å². The molecule has 1 aliphatic carbocycles. The second-order valence-corrected chi connectivity index (χ2v) is 8.35. The largest absolute Gasteiger partial charge is 0.496 e. The third-order valence-electron chi connectivity index (χ3n) is 5.76. The summed E-state index contributed by atoms with van der Waals surface area (Å²) < 4.78 is 10.1. The number of pyridine rings is 1. The van der Waals surface area contributed by atoms with Crippen molar-refractivity contribution in [2.45, 2.75) is 25.7 Å². The number of halogens is 1. The Morgan fingerprint density at radius 3 is 2.64 bits per heavy atom. The molecule has 1 aromatic heterocycles. The van der Waals surface area contributed by atoms with Crippen molar-refractivity contribution in [2.75, 3.05) is 14.2 Å². The number of carbonyl (C=O) groups excluding carboxylic acids is 2. The van der Waals surface area contributed by atoms with Crippen LogP contribution in [0.3, 0.4) is 0 Å². The Kier molecular flexibility index (Phi) is 6.90. The molecule has 1 heterocycles. The molecule has 0 saturated heterocycles. The Bertz CT molecular complexity index is 1250. The van der Waals surface area contributed by atoms with E-state index in [1.165, 1.54) is 7.11 Å². The third-order valence-corrected chi connectivity index (χ3v) is 6.13. The summed E-state index contributed by atoms with van der Waals surface area (Å²) in [5.74, 6) is 0.253. The second-order valence-electron chi connectivity index (χ2n) is 7.94. The molecule has 33 heavy (non-hydrogen) atoms. The normalized spacial score (nSPS) is 12.2. The highest BCUT2D eigenvalue weighted by Crippen LogP contribution is 2.26. The van der Waals surface area contributed by atoms with Gasteiger partial charge in [-0.2, -0.15) is 0 Å². The topological polar surface area (TPSA) is 65.5 Å². The Labute approximate surface area is 198 Å². The fraction of sp³-hybridized carbons (Fsp3) is 0.222. The lowest BCUT2D eigenvalue weighted by Crippen LogP contribution is -2.06. The lowest BCUT2D eigenvalue weighted by molar-refractivity contribution is -0.136. The number of carbonyl (C=O) groups is 2. The molecule has 0 amide bonds. The van der Waals surface area contributed by atoms with Crippen LogP contribution in [0, 0.1) is 0 Å². The van der Waals surface area contributed by atoms with Gasteiger partial charge in [-0.15, -0.1) is 0 Å². The molecule has 5 nitrogen and oxygen atoms in total. The van der Waals surface area contributed by atoms with Gasteiger partial charge in [0.2, 0.25) is 0 Å². The number of hydrogen-bond acceptors (Lipinski definition) is 5. The molecule has 2 aromatic carbocycles. The number of aryl methyl sites for hydroxylation is 2. The standard InChI is InChI=1S/C27H24ClNO4/c1-32-26-6-4-3-5-22(26)25(30)13-17-8-10-23(28)19(11-17)9-7-18-12-20-14-21(27(31)33-2)15-24(20)29-16-18/h3-6,8,10-12,14,16H,7,9,13,15H2,1-2H3. The number of fused-ring (bicyclic) bond motifs is 1. The number of nitrogens with zero attached hydrogens (tertiary/aromatic N) is 1. The van der Waals surface area contributed by atoms with Gasteiger partial charge in [0, 0.05) is 29.6 Å². The van der Waals surface area contributed by atoms with Crippen LogP contribution < -0.4 is 4.74 Å². The van der Waals surface area contributed by atoms with E-state index in [-0.39, 0.29) is 18.2 Å². The molecular formula is C27H24ClNO4. The zero-order valence-corrected chi connectivity index (χ0v) is 19.3. The number of Topliss-reactive ketones (excluding diaryl/α,β-unsaturated/α-hetero) is 1. The number of ether oxygens (including phenoxy) is 2.